The SMILES string of the molecule is COCC(C)NC(=O)c1cc(Cl)cc(S(N)(=O)=O)c1Cl. The number of nitrogens with two attached hydrogens (primary N) is 1. The summed E-state index contributed by atoms with van der Waals surface area (Å²) < 4.78 is 27.7. The van der Waals surface area contributed by atoms with Gasteiger partial charge in [0.25, 0.3) is 5.91 Å². The molecule has 3 N–H and O–H groups in total. The molecule has 0 fully saturated rings. The standard InChI is InChI=1S/C11H14Cl2N2O4S/c1-6(5-19-2)15-11(16)8-3-7(12)4-9(10(8)13)20(14,17)18/h3-4,6H,5H2,1-2H3,(H,15,16)(H2,14,17,18). The van der Waals surface area contributed by atoms with Gasteiger partial charge in [-0.1, -0.05) is 23.2 Å². The van der Waals surface area contributed by atoms with Crippen molar-refractivity contribution in [1.82, 2.24) is 5.32 Å². The maximum Gasteiger partial charge on any atom is 0.253 e. The average Bonchev–Trinajstić information content (AvgIpc) is 2.30. The van der Waals surface area contributed by atoms with Crippen molar-refractivity contribution in [2.75, 3.05) is 13.7 Å². The molecule has 1 amide bonds. The summed E-state index contributed by atoms with van der Waals surface area (Å²) in [4.78, 5) is 11.6. The molecule has 1 atom stereocenters. The first-order chi connectivity index (χ1) is 9.16. The molecule has 1 unspecified atom stereocenters. The molecule has 0 aliphatic carbocycles. The number of nitrogens with one attached hydrogen (secondary N) is 1. The number of hydrogen-bond donors (Lipinski definition) is 2. The van der Waals surface area contributed by atoms with Gasteiger partial charge in [0.1, 0.15) is 4.90 Å². The molecule has 112 valence electrons. The first-order valence-electron chi connectivity index (χ1n) is 5.48. The Morgan fingerprint density at radius 1 is 1.45 bits per heavy atom. The number of ether oxygens (including phenoxy) is 1. The monoisotopic (exact) mass is 340 g/mol. The van der Waals surface area contributed by atoms with E-state index in [1.54, 1.807) is 6.92 Å². The fraction of sp³-hybridized carbons (Fsp3) is 0.364. The highest BCUT2D eigenvalue weighted by Gasteiger charge is 2.22. The van der Waals surface area contributed by atoms with Gasteiger partial charge in [-0.05, 0) is 19.1 Å². The summed E-state index contributed by atoms with van der Waals surface area (Å²) in [6.07, 6.45) is 0. The number of carbonyl (C=O) groups excluding carboxylic acids is 1. The molecule has 0 aliphatic heterocycles. The molecule has 0 bridgehead atoms. The molecule has 0 aliphatic rings. The molecule has 1 aromatic rings. The second-order valence-corrected chi connectivity index (χ2v) is 6.48. The van der Waals surface area contributed by atoms with E-state index in [0.29, 0.717) is 6.61 Å². The quantitative estimate of drug-likeness (QED) is 0.846. The Kier molecular flexibility index (Phi) is 5.79. The molecular weight excluding hydrogens is 327 g/mol. The number of benzene rings is 1. The molecule has 6 nitrogen and oxygen atoms in total. The van der Waals surface area contributed by atoms with E-state index in [-0.39, 0.29) is 21.7 Å². The fourth-order valence-electron chi connectivity index (χ4n) is 1.53. The van der Waals surface area contributed by atoms with Crippen LogP contribution in [0.25, 0.3) is 0 Å². The Bertz CT molecular complexity index is 619. The third-order valence-electron chi connectivity index (χ3n) is 2.35. The molecule has 20 heavy (non-hydrogen) atoms. The van der Waals surface area contributed by atoms with Gasteiger partial charge in [-0.2, -0.15) is 0 Å². The van der Waals surface area contributed by atoms with E-state index < -0.39 is 20.8 Å². The van der Waals surface area contributed by atoms with E-state index in [2.05, 4.69) is 5.32 Å². The van der Waals surface area contributed by atoms with Crippen molar-refractivity contribution < 1.29 is 17.9 Å². The van der Waals surface area contributed by atoms with E-state index in [1.807, 2.05) is 0 Å². The van der Waals surface area contributed by atoms with Crippen LogP contribution >= 0.6 is 23.2 Å². The summed E-state index contributed by atoms with van der Waals surface area (Å²) in [5.74, 6) is -0.563. The number of rotatable bonds is 5. The third-order valence-corrected chi connectivity index (χ3v) is 4.02. The van der Waals surface area contributed by atoms with Crippen molar-refractivity contribution >= 4 is 39.1 Å². The minimum atomic E-state index is -4.07. The van der Waals surface area contributed by atoms with Gasteiger partial charge in [-0.3, -0.25) is 4.79 Å². The highest BCUT2D eigenvalue weighted by molar-refractivity contribution is 7.89. The highest BCUT2D eigenvalue weighted by atomic mass is 35.5. The topological polar surface area (TPSA) is 98.5 Å². The predicted molar refractivity (Wildman–Crippen MR) is 76.6 cm³/mol. The molecule has 0 saturated carbocycles. The van der Waals surface area contributed by atoms with Crippen LogP contribution in [0.2, 0.25) is 10.0 Å². The van der Waals surface area contributed by atoms with Gasteiger partial charge in [-0.25, -0.2) is 13.6 Å². The van der Waals surface area contributed by atoms with Crippen molar-refractivity contribution in [2.24, 2.45) is 5.14 Å². The van der Waals surface area contributed by atoms with Crippen LogP contribution in [0.3, 0.4) is 0 Å². The number of methoxy groups -OCH3 is 1. The van der Waals surface area contributed by atoms with E-state index in [4.69, 9.17) is 33.1 Å². The average molecular weight is 341 g/mol. The number of sulfonamides is 1. The maximum atomic E-state index is 12.0. The molecule has 1 rings (SSSR count). The van der Waals surface area contributed by atoms with Crippen molar-refractivity contribution in [2.45, 2.75) is 17.9 Å². The number of halogens is 2. The fourth-order valence-corrected chi connectivity index (χ4v) is 2.98. The summed E-state index contributed by atoms with van der Waals surface area (Å²) in [5.41, 5.74) is -0.0638. The summed E-state index contributed by atoms with van der Waals surface area (Å²) in [6.45, 7) is 2.02. The number of amides is 1. The van der Waals surface area contributed by atoms with Gasteiger partial charge in [0, 0.05) is 18.2 Å². The molecule has 0 radical (unpaired) electrons. The van der Waals surface area contributed by atoms with Crippen LogP contribution in [-0.4, -0.2) is 34.1 Å². The normalized spacial score (nSPS) is 13.1. The Labute approximate surface area is 127 Å². The molecule has 0 saturated heterocycles. The van der Waals surface area contributed by atoms with E-state index in [0.717, 1.165) is 6.07 Å². The second kappa shape index (κ2) is 6.73. The lowest BCUT2D eigenvalue weighted by molar-refractivity contribution is 0.0905. The van der Waals surface area contributed by atoms with E-state index >= 15 is 0 Å². The molecule has 0 heterocycles. The Hall–Kier alpha value is -0.860. The Morgan fingerprint density at radius 2 is 2.05 bits per heavy atom. The predicted octanol–water partition coefficient (Wildman–Crippen LogP) is 1.41. The van der Waals surface area contributed by atoms with Crippen LogP contribution in [0.15, 0.2) is 17.0 Å². The van der Waals surface area contributed by atoms with Gasteiger partial charge >= 0.3 is 0 Å². The summed E-state index contributed by atoms with van der Waals surface area (Å²) in [5, 5.41) is 7.40. The van der Waals surface area contributed by atoms with Crippen LogP contribution in [-0.2, 0) is 14.8 Å². The van der Waals surface area contributed by atoms with Gasteiger partial charge in [0.15, 0.2) is 0 Å². The molecule has 0 spiro atoms. The van der Waals surface area contributed by atoms with Crippen molar-refractivity contribution in [3.05, 3.63) is 27.7 Å². The van der Waals surface area contributed by atoms with E-state index in [1.165, 1.54) is 13.2 Å². The zero-order valence-corrected chi connectivity index (χ0v) is 13.1. The minimum absolute atomic E-state index is 0.0444. The zero-order valence-electron chi connectivity index (χ0n) is 10.8. The maximum absolute atomic E-state index is 12.0. The number of hydrogen-bond acceptors (Lipinski definition) is 4. The number of primary sulfonamides is 1. The Morgan fingerprint density at radius 3 is 2.55 bits per heavy atom. The molecule has 9 heteroatoms. The lowest BCUT2D eigenvalue weighted by Crippen LogP contribution is -2.36. The van der Waals surface area contributed by atoms with E-state index in [9.17, 15) is 13.2 Å². The number of carbonyl (C=O) groups is 1. The van der Waals surface area contributed by atoms with Crippen LogP contribution in [0.4, 0.5) is 0 Å². The van der Waals surface area contributed by atoms with Crippen molar-refractivity contribution in [1.29, 1.82) is 0 Å². The zero-order chi connectivity index (χ0) is 15.5. The van der Waals surface area contributed by atoms with Crippen molar-refractivity contribution in [3.8, 4) is 0 Å². The van der Waals surface area contributed by atoms with Gasteiger partial charge < -0.3 is 10.1 Å². The van der Waals surface area contributed by atoms with Crippen molar-refractivity contribution in [3.63, 3.8) is 0 Å². The van der Waals surface area contributed by atoms with Crippen LogP contribution in [0.5, 0.6) is 0 Å². The Balaban J connectivity index is 3.19. The summed E-state index contributed by atoms with van der Waals surface area (Å²) >= 11 is 11.7. The van der Waals surface area contributed by atoms with Gasteiger partial charge in [0.2, 0.25) is 10.0 Å². The summed E-state index contributed by atoms with van der Waals surface area (Å²) in [6, 6.07) is 2.09. The lowest BCUT2D eigenvalue weighted by atomic mass is 10.2. The van der Waals surface area contributed by atoms with Crippen LogP contribution in [0, 0.1) is 0 Å². The summed E-state index contributed by atoms with van der Waals surface area (Å²) in [7, 11) is -2.58. The second-order valence-electron chi connectivity index (χ2n) is 4.14. The largest absolute Gasteiger partial charge is 0.383 e. The van der Waals surface area contributed by atoms with Gasteiger partial charge in [-0.15, -0.1) is 0 Å². The third kappa shape index (κ3) is 4.32. The van der Waals surface area contributed by atoms with Gasteiger partial charge in [0.05, 0.1) is 17.2 Å². The smallest absolute Gasteiger partial charge is 0.253 e. The lowest BCUT2D eigenvalue weighted by Gasteiger charge is -2.14. The molecule has 1 aromatic carbocycles. The minimum Gasteiger partial charge on any atom is -0.383 e. The van der Waals surface area contributed by atoms with Crippen LogP contribution < -0.4 is 10.5 Å². The first-order valence-corrected chi connectivity index (χ1v) is 7.78. The van der Waals surface area contributed by atoms with Crippen LogP contribution in [0.1, 0.15) is 17.3 Å². The molecule has 0 aromatic heterocycles. The molecular formula is C11H14Cl2N2O4S. The first kappa shape index (κ1) is 17.2. The highest BCUT2D eigenvalue weighted by Crippen LogP contribution is 2.28.